The van der Waals surface area contributed by atoms with Crippen LogP contribution in [0.5, 0.6) is 5.75 Å². The topological polar surface area (TPSA) is 105 Å². The van der Waals surface area contributed by atoms with Gasteiger partial charge in [-0.15, -0.1) is 0 Å². The Morgan fingerprint density at radius 2 is 1.91 bits per heavy atom. The number of hydrogen-bond acceptors (Lipinski definition) is 5. The molecule has 0 unspecified atom stereocenters. The summed E-state index contributed by atoms with van der Waals surface area (Å²) in [5.41, 5.74) is 0.558. The minimum absolute atomic E-state index is 0.0353. The number of aliphatic hydroxyl groups is 1. The summed E-state index contributed by atoms with van der Waals surface area (Å²) >= 11 is 6.29. The maximum Gasteiger partial charge on any atom is 0.341 e. The molecule has 7 nitrogen and oxygen atoms in total. The lowest BCUT2D eigenvalue weighted by Crippen LogP contribution is -2.51. The Hall–Kier alpha value is -2.68. The monoisotopic (exact) mass is 465 g/mol. The van der Waals surface area contributed by atoms with Gasteiger partial charge in [-0.05, 0) is 30.7 Å². The van der Waals surface area contributed by atoms with Gasteiger partial charge in [0.15, 0.2) is 6.61 Å². The molecule has 0 radical (unpaired) electrons. The van der Waals surface area contributed by atoms with Crippen molar-refractivity contribution in [3.63, 3.8) is 0 Å². The van der Waals surface area contributed by atoms with Crippen LogP contribution in [0.4, 0.5) is 4.39 Å². The second-order valence-corrected chi connectivity index (χ2v) is 8.40. The van der Waals surface area contributed by atoms with Crippen molar-refractivity contribution in [1.29, 1.82) is 0 Å². The number of nitrogens with one attached hydrogen (secondary N) is 1. The van der Waals surface area contributed by atoms with Crippen LogP contribution in [0.2, 0.25) is 5.02 Å². The lowest BCUT2D eigenvalue weighted by atomic mass is 9.81. The van der Waals surface area contributed by atoms with Crippen LogP contribution in [-0.2, 0) is 14.3 Å². The number of aliphatic carboxylic acids is 1. The van der Waals surface area contributed by atoms with Gasteiger partial charge in [0, 0.05) is 30.4 Å². The van der Waals surface area contributed by atoms with Crippen molar-refractivity contribution < 1.29 is 33.7 Å². The van der Waals surface area contributed by atoms with Gasteiger partial charge in [-0.25, -0.2) is 9.18 Å². The van der Waals surface area contributed by atoms with Crippen LogP contribution in [-0.4, -0.2) is 40.8 Å². The molecule has 0 spiro atoms. The van der Waals surface area contributed by atoms with Crippen molar-refractivity contribution in [3.05, 3.63) is 64.4 Å². The number of halogens is 2. The summed E-state index contributed by atoms with van der Waals surface area (Å²) in [6.07, 6.45) is -0.350. The molecule has 1 heterocycles. The maximum atomic E-state index is 13.5. The molecule has 0 aliphatic carbocycles. The van der Waals surface area contributed by atoms with E-state index in [0.29, 0.717) is 18.4 Å². The van der Waals surface area contributed by atoms with E-state index in [9.17, 15) is 14.0 Å². The van der Waals surface area contributed by atoms with Crippen LogP contribution in [0, 0.1) is 5.82 Å². The lowest BCUT2D eigenvalue weighted by Gasteiger charge is -2.43. The van der Waals surface area contributed by atoms with E-state index in [1.165, 1.54) is 12.1 Å². The molecule has 1 saturated heterocycles. The average Bonchev–Trinajstić information content (AvgIpc) is 2.72. The van der Waals surface area contributed by atoms with Gasteiger partial charge in [-0.3, -0.25) is 4.79 Å². The zero-order chi connectivity index (χ0) is 23.3. The van der Waals surface area contributed by atoms with Gasteiger partial charge in [-0.1, -0.05) is 35.9 Å². The summed E-state index contributed by atoms with van der Waals surface area (Å²) in [6, 6.07) is 10.9. The fraction of sp³-hybridized carbons (Fsp3) is 0.391. The molecular formula is C23H25ClFNO6. The zero-order valence-corrected chi connectivity index (χ0v) is 18.3. The number of carbonyl (C=O) groups excluding carboxylic acids is 1. The van der Waals surface area contributed by atoms with Gasteiger partial charge in [0.1, 0.15) is 11.6 Å². The highest BCUT2D eigenvalue weighted by Gasteiger charge is 2.41. The van der Waals surface area contributed by atoms with Crippen molar-refractivity contribution in [3.8, 4) is 5.75 Å². The number of amides is 1. The fourth-order valence-corrected chi connectivity index (χ4v) is 4.16. The van der Waals surface area contributed by atoms with E-state index in [1.807, 2.05) is 6.92 Å². The Balaban J connectivity index is 1.97. The van der Waals surface area contributed by atoms with Crippen molar-refractivity contribution in [2.24, 2.45) is 0 Å². The number of carboxylic acids is 1. The summed E-state index contributed by atoms with van der Waals surface area (Å²) in [7, 11) is 0. The third kappa shape index (κ3) is 5.97. The van der Waals surface area contributed by atoms with E-state index < -0.39 is 30.3 Å². The maximum absolute atomic E-state index is 13.5. The van der Waals surface area contributed by atoms with Crippen LogP contribution in [0.3, 0.4) is 0 Å². The third-order valence-electron chi connectivity index (χ3n) is 5.31. The Morgan fingerprint density at radius 3 is 2.56 bits per heavy atom. The van der Waals surface area contributed by atoms with Crippen molar-refractivity contribution in [1.82, 2.24) is 5.32 Å². The molecule has 0 bridgehead atoms. The predicted octanol–water partition coefficient (Wildman–Crippen LogP) is 3.79. The zero-order valence-electron chi connectivity index (χ0n) is 17.5. The quantitative estimate of drug-likeness (QED) is 0.547. The van der Waals surface area contributed by atoms with E-state index >= 15 is 0 Å². The number of hydrogen-bond donors (Lipinski definition) is 3. The summed E-state index contributed by atoms with van der Waals surface area (Å²) < 4.78 is 25.2. The van der Waals surface area contributed by atoms with Crippen molar-refractivity contribution in [2.75, 3.05) is 13.2 Å². The van der Waals surface area contributed by atoms with Crippen LogP contribution in [0.25, 0.3) is 0 Å². The largest absolute Gasteiger partial charge is 0.480 e. The highest BCUT2D eigenvalue weighted by atomic mass is 35.5. The van der Waals surface area contributed by atoms with E-state index in [1.54, 1.807) is 30.3 Å². The Labute approximate surface area is 190 Å². The molecule has 1 aliphatic heterocycles. The molecule has 3 N–H and O–H groups in total. The van der Waals surface area contributed by atoms with Gasteiger partial charge in [0.2, 0.25) is 5.91 Å². The number of carboxylic acid groups (broad SMARTS) is 1. The van der Waals surface area contributed by atoms with Gasteiger partial charge >= 0.3 is 5.97 Å². The summed E-state index contributed by atoms with van der Waals surface area (Å²) in [6.45, 7) is 1.02. The molecule has 2 aromatic carbocycles. The number of aliphatic hydroxyl groups excluding tert-OH is 1. The van der Waals surface area contributed by atoms with Crippen LogP contribution in [0.15, 0.2) is 42.5 Å². The molecule has 172 valence electrons. The van der Waals surface area contributed by atoms with E-state index in [2.05, 4.69) is 5.32 Å². The van der Waals surface area contributed by atoms with E-state index in [4.69, 9.17) is 31.3 Å². The van der Waals surface area contributed by atoms with Crippen LogP contribution >= 0.6 is 11.6 Å². The fourth-order valence-electron chi connectivity index (χ4n) is 3.92. The SMILES string of the molecule is C[C@@]1(NC(=O)CCO)C[C@@H](c2ccc(F)cc2)O[C@@H](c2cccc(Cl)c2OCC(=O)O)C1. The second-order valence-electron chi connectivity index (χ2n) is 8.00. The van der Waals surface area contributed by atoms with Crippen molar-refractivity contribution in [2.45, 2.75) is 43.9 Å². The number of rotatable bonds is 8. The molecule has 3 rings (SSSR count). The molecule has 0 saturated carbocycles. The Bertz CT molecular complexity index is 969. The van der Waals surface area contributed by atoms with Crippen LogP contribution < -0.4 is 10.1 Å². The molecule has 1 aliphatic rings. The van der Waals surface area contributed by atoms with Crippen molar-refractivity contribution >= 4 is 23.5 Å². The minimum Gasteiger partial charge on any atom is -0.480 e. The number of benzene rings is 2. The average molecular weight is 466 g/mol. The van der Waals surface area contributed by atoms with Gasteiger partial charge < -0.3 is 25.0 Å². The molecular weight excluding hydrogens is 441 g/mol. The minimum atomic E-state index is -1.15. The standard InChI is InChI=1S/C23H25ClFNO6/c1-23(26-20(28)9-10-27)11-18(14-5-7-15(25)8-6-14)32-19(12-23)16-3-2-4-17(24)22(16)31-13-21(29)30/h2-8,18-19,27H,9-13H2,1H3,(H,26,28)(H,29,30)/t18-,19+,23+/m0/s1. The number of carbonyl (C=O) groups is 2. The van der Waals surface area contributed by atoms with Gasteiger partial charge in [0.05, 0.1) is 23.8 Å². The summed E-state index contributed by atoms with van der Waals surface area (Å²) in [5, 5.41) is 21.3. The Kier molecular flexibility index (Phi) is 7.71. The number of ether oxygens (including phenoxy) is 2. The lowest BCUT2D eigenvalue weighted by molar-refractivity contribution is -0.139. The molecule has 9 heteroatoms. The predicted molar refractivity (Wildman–Crippen MR) is 115 cm³/mol. The van der Waals surface area contributed by atoms with Crippen LogP contribution in [0.1, 0.15) is 49.5 Å². The number of para-hydroxylation sites is 1. The summed E-state index contributed by atoms with van der Waals surface area (Å²) in [5.74, 6) is -1.63. The first-order valence-electron chi connectivity index (χ1n) is 10.2. The van der Waals surface area contributed by atoms with Gasteiger partial charge in [0.25, 0.3) is 0 Å². The molecule has 1 fully saturated rings. The first kappa shape index (κ1) is 24.0. The molecule has 0 aromatic heterocycles. The highest BCUT2D eigenvalue weighted by molar-refractivity contribution is 6.32. The third-order valence-corrected chi connectivity index (χ3v) is 5.60. The first-order valence-corrected chi connectivity index (χ1v) is 10.5. The van der Waals surface area contributed by atoms with Gasteiger partial charge in [-0.2, -0.15) is 0 Å². The second kappa shape index (κ2) is 10.3. The molecule has 1 amide bonds. The molecule has 3 atom stereocenters. The van der Waals surface area contributed by atoms with E-state index in [-0.39, 0.29) is 35.5 Å². The molecule has 2 aromatic rings. The molecule has 32 heavy (non-hydrogen) atoms. The summed E-state index contributed by atoms with van der Waals surface area (Å²) in [4.78, 5) is 23.3. The normalized spacial score (nSPS) is 22.9. The van der Waals surface area contributed by atoms with E-state index in [0.717, 1.165) is 5.56 Å². The Morgan fingerprint density at radius 1 is 1.22 bits per heavy atom. The smallest absolute Gasteiger partial charge is 0.341 e. The highest BCUT2D eigenvalue weighted by Crippen LogP contribution is 2.47. The first-order chi connectivity index (χ1) is 15.2.